The number of ether oxygens (including phenoxy) is 1. The molecule has 29 heavy (non-hydrogen) atoms. The summed E-state index contributed by atoms with van der Waals surface area (Å²) in [4.78, 5) is 28.2. The van der Waals surface area contributed by atoms with Gasteiger partial charge < -0.3 is 4.74 Å². The van der Waals surface area contributed by atoms with Crippen LogP contribution in [0.25, 0.3) is 11.3 Å². The van der Waals surface area contributed by atoms with Crippen LogP contribution >= 0.6 is 47.8 Å². The summed E-state index contributed by atoms with van der Waals surface area (Å²) in [6.07, 6.45) is 3.01. The number of aromatic nitrogens is 2. The van der Waals surface area contributed by atoms with Crippen molar-refractivity contribution in [2.24, 2.45) is 0 Å². The summed E-state index contributed by atoms with van der Waals surface area (Å²) in [5.41, 5.74) is 0.882. The second-order valence-electron chi connectivity index (χ2n) is 5.23. The van der Waals surface area contributed by atoms with E-state index in [4.69, 9.17) is 4.74 Å². The Morgan fingerprint density at radius 1 is 0.897 bits per heavy atom. The Kier molecular flexibility index (Phi) is 8.17. The van der Waals surface area contributed by atoms with E-state index in [1.165, 1.54) is 24.5 Å². The summed E-state index contributed by atoms with van der Waals surface area (Å²) in [7, 11) is 1.54. The van der Waals surface area contributed by atoms with Crippen LogP contribution in [-0.2, 0) is 0 Å². The van der Waals surface area contributed by atoms with Gasteiger partial charge in [-0.2, -0.15) is 0 Å². The maximum Gasteiger partial charge on any atom is 0.303 e. The lowest BCUT2D eigenvalue weighted by molar-refractivity contribution is -0.386. The Balaban J connectivity index is 0.000000234. The van der Waals surface area contributed by atoms with Crippen LogP contribution in [0, 0.1) is 20.2 Å². The number of halogens is 3. The molecular weight excluding hydrogens is 580 g/mol. The van der Waals surface area contributed by atoms with E-state index < -0.39 is 9.85 Å². The van der Waals surface area contributed by atoms with Gasteiger partial charge in [-0.05, 0) is 59.9 Å². The number of benzene rings is 1. The van der Waals surface area contributed by atoms with Gasteiger partial charge in [0, 0.05) is 39.0 Å². The van der Waals surface area contributed by atoms with Crippen LogP contribution in [0.5, 0.6) is 5.75 Å². The average molecular weight is 591 g/mol. The number of pyridine rings is 2. The van der Waals surface area contributed by atoms with Gasteiger partial charge in [-0.3, -0.25) is 20.2 Å². The van der Waals surface area contributed by atoms with E-state index in [-0.39, 0.29) is 16.0 Å². The lowest BCUT2D eigenvalue weighted by Gasteiger charge is -2.05. The van der Waals surface area contributed by atoms with Gasteiger partial charge in [-0.15, -0.1) is 0 Å². The highest BCUT2D eigenvalue weighted by Gasteiger charge is 2.17. The zero-order valence-corrected chi connectivity index (χ0v) is 19.3. The van der Waals surface area contributed by atoms with Crippen molar-refractivity contribution in [3.8, 4) is 17.0 Å². The number of methoxy groups -OCH3 is 1. The molecule has 2 heterocycles. The van der Waals surface area contributed by atoms with Crippen molar-refractivity contribution in [2.75, 3.05) is 7.11 Å². The fourth-order valence-corrected chi connectivity index (χ4v) is 3.10. The zero-order chi connectivity index (χ0) is 21.6. The minimum atomic E-state index is -0.498. The molecule has 9 nitrogen and oxygen atoms in total. The molecule has 0 aliphatic heterocycles. The number of nitrogens with zero attached hydrogens (tertiary/aromatic N) is 4. The van der Waals surface area contributed by atoms with Gasteiger partial charge in [0.2, 0.25) is 0 Å². The smallest absolute Gasteiger partial charge is 0.303 e. The second-order valence-corrected chi connectivity index (χ2v) is 7.81. The summed E-state index contributed by atoms with van der Waals surface area (Å²) < 4.78 is 6.50. The van der Waals surface area contributed by atoms with Crippen LogP contribution in [0.4, 0.5) is 11.4 Å². The third-order valence-electron chi connectivity index (χ3n) is 3.36. The molecule has 0 radical (unpaired) electrons. The van der Waals surface area contributed by atoms with Gasteiger partial charge in [0.05, 0.1) is 17.0 Å². The van der Waals surface area contributed by atoms with Crippen LogP contribution in [-0.4, -0.2) is 26.9 Å². The number of rotatable bonds is 4. The zero-order valence-electron chi connectivity index (χ0n) is 14.6. The quantitative estimate of drug-likeness (QED) is 0.209. The van der Waals surface area contributed by atoms with E-state index in [0.29, 0.717) is 26.0 Å². The SMILES string of the molecule is COc1cccc(-c2ncc(Br)cc2[N+](=O)[O-])c1.O=[N+]([O-])c1cc(Br)cnc1Br. The van der Waals surface area contributed by atoms with E-state index in [2.05, 4.69) is 57.8 Å². The Bertz CT molecular complexity index is 1060. The fraction of sp³-hybridized carbons (Fsp3) is 0.0588. The first-order chi connectivity index (χ1) is 13.7. The molecular formula is C17H11Br3N4O5. The minimum Gasteiger partial charge on any atom is -0.497 e. The number of hydrogen-bond donors (Lipinski definition) is 0. The second kappa shape index (κ2) is 10.4. The van der Waals surface area contributed by atoms with Gasteiger partial charge >= 0.3 is 5.69 Å². The van der Waals surface area contributed by atoms with E-state index in [0.717, 1.165) is 0 Å². The normalized spacial score (nSPS) is 9.93. The van der Waals surface area contributed by atoms with Crippen LogP contribution in [0.1, 0.15) is 0 Å². The average Bonchev–Trinajstić information content (AvgIpc) is 2.70. The summed E-state index contributed by atoms with van der Waals surface area (Å²) >= 11 is 9.21. The topological polar surface area (TPSA) is 121 Å². The van der Waals surface area contributed by atoms with Gasteiger partial charge in [-0.25, -0.2) is 9.97 Å². The van der Waals surface area contributed by atoms with Crippen molar-refractivity contribution < 1.29 is 14.6 Å². The first-order valence-corrected chi connectivity index (χ1v) is 10.0. The molecule has 0 saturated carbocycles. The molecule has 2 aromatic heterocycles. The molecule has 0 spiro atoms. The lowest BCUT2D eigenvalue weighted by atomic mass is 10.1. The summed E-state index contributed by atoms with van der Waals surface area (Å²) in [5.74, 6) is 0.631. The van der Waals surface area contributed by atoms with Gasteiger partial charge in [-0.1, -0.05) is 12.1 Å². The highest BCUT2D eigenvalue weighted by Crippen LogP contribution is 2.31. The Hall–Kier alpha value is -2.44. The monoisotopic (exact) mass is 588 g/mol. The molecule has 0 fully saturated rings. The van der Waals surface area contributed by atoms with Gasteiger partial charge in [0.25, 0.3) is 5.69 Å². The lowest BCUT2D eigenvalue weighted by Crippen LogP contribution is -1.95. The van der Waals surface area contributed by atoms with E-state index >= 15 is 0 Å². The Labute approximate surface area is 189 Å². The summed E-state index contributed by atoms with van der Waals surface area (Å²) in [6, 6.07) is 9.82. The predicted octanol–water partition coefficient (Wildman–Crippen LogP) is 5.94. The molecule has 0 amide bonds. The molecule has 0 aliphatic carbocycles. The van der Waals surface area contributed by atoms with Crippen molar-refractivity contribution in [3.05, 3.63) is 82.6 Å². The largest absolute Gasteiger partial charge is 0.497 e. The maximum atomic E-state index is 11.0. The van der Waals surface area contributed by atoms with Crippen LogP contribution < -0.4 is 4.74 Å². The molecule has 3 rings (SSSR count). The fourth-order valence-electron chi connectivity index (χ4n) is 2.10. The van der Waals surface area contributed by atoms with Crippen molar-refractivity contribution in [1.29, 1.82) is 0 Å². The van der Waals surface area contributed by atoms with Gasteiger partial charge in [0.15, 0.2) is 4.60 Å². The first kappa shape index (κ1) is 22.8. The Morgan fingerprint density at radius 3 is 2.03 bits per heavy atom. The van der Waals surface area contributed by atoms with Gasteiger partial charge in [0.1, 0.15) is 11.4 Å². The predicted molar refractivity (Wildman–Crippen MR) is 117 cm³/mol. The number of hydrogen-bond acceptors (Lipinski definition) is 7. The Morgan fingerprint density at radius 2 is 1.48 bits per heavy atom. The van der Waals surface area contributed by atoms with Crippen molar-refractivity contribution in [1.82, 2.24) is 9.97 Å². The molecule has 0 N–H and O–H groups in total. The molecule has 0 aliphatic rings. The molecule has 0 atom stereocenters. The van der Waals surface area contributed by atoms with Crippen molar-refractivity contribution in [2.45, 2.75) is 0 Å². The van der Waals surface area contributed by atoms with Crippen LogP contribution in [0.15, 0.2) is 62.3 Å². The third-order valence-corrected chi connectivity index (χ3v) is 4.84. The van der Waals surface area contributed by atoms with Crippen molar-refractivity contribution >= 4 is 59.2 Å². The minimum absolute atomic E-state index is 0.0422. The molecule has 1 aromatic carbocycles. The highest BCUT2D eigenvalue weighted by atomic mass is 79.9. The molecule has 0 unspecified atom stereocenters. The number of nitro groups is 2. The first-order valence-electron chi connectivity index (χ1n) is 7.62. The van der Waals surface area contributed by atoms with E-state index in [1.807, 2.05) is 0 Å². The summed E-state index contributed by atoms with van der Waals surface area (Å²) in [5, 5.41) is 21.3. The van der Waals surface area contributed by atoms with E-state index in [1.54, 1.807) is 31.4 Å². The molecule has 0 saturated heterocycles. The standard InChI is InChI=1S/C12H9BrN2O3.C5H2Br2N2O2/c1-18-10-4-2-3-8(5-10)12-11(15(16)17)6-9(13)7-14-12;6-3-1-4(9(10)11)5(7)8-2-3/h2-7H,1H3;1-2H. The molecule has 12 heteroatoms. The maximum absolute atomic E-state index is 11.0. The highest BCUT2D eigenvalue weighted by molar-refractivity contribution is 9.11. The molecule has 3 aromatic rings. The van der Waals surface area contributed by atoms with Crippen molar-refractivity contribution in [3.63, 3.8) is 0 Å². The molecule has 0 bridgehead atoms. The third kappa shape index (κ3) is 6.27. The van der Waals surface area contributed by atoms with E-state index in [9.17, 15) is 20.2 Å². The summed E-state index contributed by atoms with van der Waals surface area (Å²) in [6.45, 7) is 0. The van der Waals surface area contributed by atoms with Crippen LogP contribution in [0.2, 0.25) is 0 Å². The molecule has 150 valence electrons. The van der Waals surface area contributed by atoms with Crippen LogP contribution in [0.3, 0.4) is 0 Å².